The molecule has 0 saturated heterocycles. The van der Waals surface area contributed by atoms with Gasteiger partial charge in [0.05, 0.1) is 11.6 Å². The Morgan fingerprint density at radius 1 is 1.00 bits per heavy atom. The molecule has 1 aliphatic heterocycles. The number of hydrogen-bond acceptors (Lipinski definition) is 2. The maximum atomic E-state index is 12.4. The number of H-pyrrole nitrogens is 1. The highest BCUT2D eigenvalue weighted by molar-refractivity contribution is 6.07. The minimum absolute atomic E-state index is 0.309. The molecule has 1 unspecified atom stereocenters. The molecule has 1 amide bonds. The molecule has 4 nitrogen and oxygen atoms in total. The first kappa shape index (κ1) is 11.3. The Bertz CT molecular complexity index is 822. The van der Waals surface area contributed by atoms with Crippen molar-refractivity contribution >= 4 is 22.5 Å². The number of amides is 1. The van der Waals surface area contributed by atoms with Gasteiger partial charge in [-0.05, 0) is 23.3 Å². The lowest BCUT2D eigenvalue weighted by molar-refractivity contribution is -0.123. The first-order valence-electron chi connectivity index (χ1n) is 6.45. The van der Waals surface area contributed by atoms with Gasteiger partial charge in [0.25, 0.3) is 5.91 Å². The Balaban J connectivity index is 1.97. The lowest BCUT2D eigenvalue weighted by Crippen LogP contribution is -2.25. The van der Waals surface area contributed by atoms with Crippen LogP contribution in [0.15, 0.2) is 54.7 Å². The summed E-state index contributed by atoms with van der Waals surface area (Å²) in [5.41, 5.74) is 3.29. The summed E-state index contributed by atoms with van der Waals surface area (Å²) < 4.78 is 0. The smallest absolute Gasteiger partial charge is 0.262 e. The molecular weight excluding hydrogens is 252 g/mol. The van der Waals surface area contributed by atoms with Crippen LogP contribution in [0.4, 0.5) is 5.69 Å². The van der Waals surface area contributed by atoms with Gasteiger partial charge in [0.2, 0.25) is 0 Å². The molecule has 3 aromatic rings. The van der Waals surface area contributed by atoms with Crippen molar-refractivity contribution < 1.29 is 10.0 Å². The van der Waals surface area contributed by atoms with Crippen LogP contribution in [0.5, 0.6) is 0 Å². The van der Waals surface area contributed by atoms with Crippen molar-refractivity contribution in [3.8, 4) is 0 Å². The predicted octanol–water partition coefficient (Wildman–Crippen LogP) is 3.04. The molecule has 20 heavy (non-hydrogen) atoms. The van der Waals surface area contributed by atoms with Crippen LogP contribution in [-0.4, -0.2) is 16.1 Å². The number of hydrogen-bond donors (Lipinski definition) is 2. The quantitative estimate of drug-likeness (QED) is 0.664. The van der Waals surface area contributed by atoms with Crippen LogP contribution in [0.1, 0.15) is 17.0 Å². The number of aromatic amines is 1. The summed E-state index contributed by atoms with van der Waals surface area (Å²) in [6.07, 6.45) is 1.85. The number of aromatic nitrogens is 1. The van der Waals surface area contributed by atoms with Crippen LogP contribution in [0.25, 0.3) is 10.9 Å². The van der Waals surface area contributed by atoms with Crippen molar-refractivity contribution in [2.45, 2.75) is 5.92 Å². The molecule has 0 saturated carbocycles. The van der Waals surface area contributed by atoms with E-state index >= 15 is 0 Å². The van der Waals surface area contributed by atoms with E-state index in [2.05, 4.69) is 4.98 Å². The van der Waals surface area contributed by atoms with Crippen molar-refractivity contribution in [2.75, 3.05) is 5.06 Å². The number of nitrogens with one attached hydrogen (secondary N) is 1. The van der Waals surface area contributed by atoms with E-state index < -0.39 is 5.92 Å². The number of carbonyl (C=O) groups excluding carboxylic acids is 1. The Morgan fingerprint density at radius 3 is 2.65 bits per heavy atom. The summed E-state index contributed by atoms with van der Waals surface area (Å²) in [4.78, 5) is 15.5. The average Bonchev–Trinajstić information content (AvgIpc) is 3.01. The van der Waals surface area contributed by atoms with Gasteiger partial charge < -0.3 is 4.98 Å². The molecule has 2 aromatic carbocycles. The van der Waals surface area contributed by atoms with Gasteiger partial charge in [0.1, 0.15) is 0 Å². The van der Waals surface area contributed by atoms with Gasteiger partial charge >= 0.3 is 0 Å². The molecule has 0 aliphatic carbocycles. The number of rotatable bonds is 1. The zero-order valence-electron chi connectivity index (χ0n) is 10.6. The first-order chi connectivity index (χ1) is 9.77. The molecule has 98 valence electrons. The van der Waals surface area contributed by atoms with Gasteiger partial charge in [-0.3, -0.25) is 10.0 Å². The molecule has 0 fully saturated rings. The molecule has 2 heterocycles. The third-order valence-corrected chi connectivity index (χ3v) is 3.86. The second kappa shape index (κ2) is 3.95. The van der Waals surface area contributed by atoms with E-state index in [1.54, 1.807) is 6.07 Å². The molecule has 0 spiro atoms. The Morgan fingerprint density at radius 2 is 1.75 bits per heavy atom. The fourth-order valence-corrected chi connectivity index (χ4v) is 2.93. The summed E-state index contributed by atoms with van der Waals surface area (Å²) in [6, 6.07) is 15.2. The molecule has 1 aromatic heterocycles. The van der Waals surface area contributed by atoms with Crippen molar-refractivity contribution in [3.05, 3.63) is 65.9 Å². The fraction of sp³-hybridized carbons (Fsp3) is 0.0625. The molecule has 2 N–H and O–H groups in total. The zero-order chi connectivity index (χ0) is 13.7. The van der Waals surface area contributed by atoms with E-state index in [1.807, 2.05) is 48.7 Å². The fourth-order valence-electron chi connectivity index (χ4n) is 2.93. The molecule has 0 bridgehead atoms. The van der Waals surface area contributed by atoms with E-state index in [9.17, 15) is 10.0 Å². The highest BCUT2D eigenvalue weighted by Crippen LogP contribution is 2.42. The Hall–Kier alpha value is -2.59. The van der Waals surface area contributed by atoms with Gasteiger partial charge in [0, 0.05) is 17.1 Å². The lowest BCUT2D eigenvalue weighted by Gasteiger charge is -2.09. The first-order valence-corrected chi connectivity index (χ1v) is 6.45. The summed E-state index contributed by atoms with van der Waals surface area (Å²) >= 11 is 0. The summed E-state index contributed by atoms with van der Waals surface area (Å²) in [6.45, 7) is 0. The standard InChI is InChI=1S/C16H12N2O2/c19-16-15(11-6-2-4-8-14(11)18(16)20)12-9-17-13-7-3-1-5-10(12)13/h1-9,15,17,20H. The van der Waals surface area contributed by atoms with Gasteiger partial charge in [0.15, 0.2) is 0 Å². The van der Waals surface area contributed by atoms with Gasteiger partial charge in [-0.15, -0.1) is 0 Å². The van der Waals surface area contributed by atoms with Crippen LogP contribution in [-0.2, 0) is 4.79 Å². The number of anilines is 1. The topological polar surface area (TPSA) is 56.3 Å². The van der Waals surface area contributed by atoms with E-state index in [1.165, 1.54) is 0 Å². The highest BCUT2D eigenvalue weighted by Gasteiger charge is 2.38. The zero-order valence-corrected chi connectivity index (χ0v) is 10.6. The van der Waals surface area contributed by atoms with E-state index in [4.69, 9.17) is 0 Å². The lowest BCUT2D eigenvalue weighted by atomic mass is 9.92. The Kier molecular flexibility index (Phi) is 2.22. The molecule has 1 aliphatic rings. The SMILES string of the molecule is O=C1C(c2c[nH]c3ccccc23)c2ccccc2N1O. The molecular formula is C16H12N2O2. The van der Waals surface area contributed by atoms with Crippen LogP contribution in [0, 0.1) is 0 Å². The minimum atomic E-state index is -0.452. The highest BCUT2D eigenvalue weighted by atomic mass is 16.5. The number of benzene rings is 2. The van der Waals surface area contributed by atoms with Crippen LogP contribution >= 0.6 is 0 Å². The van der Waals surface area contributed by atoms with Gasteiger partial charge in [-0.2, -0.15) is 5.06 Å². The summed E-state index contributed by atoms with van der Waals surface area (Å²) in [7, 11) is 0. The molecule has 4 rings (SSSR count). The third-order valence-electron chi connectivity index (χ3n) is 3.86. The maximum Gasteiger partial charge on any atom is 0.262 e. The number of nitrogens with zero attached hydrogens (tertiary/aromatic N) is 1. The molecule has 1 atom stereocenters. The molecule has 4 heteroatoms. The van der Waals surface area contributed by atoms with Crippen molar-refractivity contribution in [3.63, 3.8) is 0 Å². The summed E-state index contributed by atoms with van der Waals surface area (Å²) in [5.74, 6) is -0.761. The van der Waals surface area contributed by atoms with Crippen LogP contribution < -0.4 is 5.06 Å². The number of para-hydroxylation sites is 2. The number of hydroxylamine groups is 1. The normalized spacial score (nSPS) is 17.8. The summed E-state index contributed by atoms with van der Waals surface area (Å²) in [5, 5.41) is 11.7. The van der Waals surface area contributed by atoms with E-state index in [-0.39, 0.29) is 5.91 Å². The van der Waals surface area contributed by atoms with Crippen LogP contribution in [0.3, 0.4) is 0 Å². The van der Waals surface area contributed by atoms with Gasteiger partial charge in [-0.25, -0.2) is 0 Å². The van der Waals surface area contributed by atoms with Crippen LogP contribution in [0.2, 0.25) is 0 Å². The van der Waals surface area contributed by atoms with Crippen molar-refractivity contribution in [1.29, 1.82) is 0 Å². The Labute approximate surface area is 115 Å². The second-order valence-electron chi connectivity index (χ2n) is 4.93. The van der Waals surface area contributed by atoms with Gasteiger partial charge in [-0.1, -0.05) is 36.4 Å². The van der Waals surface area contributed by atoms with E-state index in [0.29, 0.717) is 5.69 Å². The average molecular weight is 264 g/mol. The third kappa shape index (κ3) is 1.37. The second-order valence-corrected chi connectivity index (χ2v) is 4.93. The monoisotopic (exact) mass is 264 g/mol. The van der Waals surface area contributed by atoms with Crippen molar-refractivity contribution in [2.24, 2.45) is 0 Å². The predicted molar refractivity (Wildman–Crippen MR) is 75.9 cm³/mol. The molecule has 0 radical (unpaired) electrons. The maximum absolute atomic E-state index is 12.4. The van der Waals surface area contributed by atoms with Crippen molar-refractivity contribution in [1.82, 2.24) is 4.98 Å². The minimum Gasteiger partial charge on any atom is -0.361 e. The number of carbonyl (C=O) groups is 1. The largest absolute Gasteiger partial charge is 0.361 e. The van der Waals surface area contributed by atoms with E-state index in [0.717, 1.165) is 27.1 Å². The number of fused-ring (bicyclic) bond motifs is 2.